The van der Waals surface area contributed by atoms with Crippen LogP contribution in [0.25, 0.3) is 0 Å². The molecular weight excluding hydrogens is 278 g/mol. The molecule has 2 heterocycles. The van der Waals surface area contributed by atoms with Crippen molar-refractivity contribution in [1.29, 1.82) is 0 Å². The summed E-state index contributed by atoms with van der Waals surface area (Å²) in [6.07, 6.45) is -0.161. The highest BCUT2D eigenvalue weighted by molar-refractivity contribution is 7.89. The van der Waals surface area contributed by atoms with Crippen molar-refractivity contribution >= 4 is 39.8 Å². The van der Waals surface area contributed by atoms with Crippen molar-refractivity contribution in [3.63, 3.8) is 0 Å². The molecule has 1 saturated heterocycles. The van der Waals surface area contributed by atoms with Gasteiger partial charge in [-0.1, -0.05) is 0 Å². The fourth-order valence-electron chi connectivity index (χ4n) is 1.72. The van der Waals surface area contributed by atoms with Gasteiger partial charge >= 0.3 is 0 Å². The minimum atomic E-state index is -3.75. The van der Waals surface area contributed by atoms with Gasteiger partial charge in [-0.25, -0.2) is 18.5 Å². The van der Waals surface area contributed by atoms with Crippen molar-refractivity contribution in [3.05, 3.63) is 10.8 Å². The summed E-state index contributed by atoms with van der Waals surface area (Å²) < 4.78 is 22.6. The summed E-state index contributed by atoms with van der Waals surface area (Å²) in [5.41, 5.74) is 5.55. The van der Waals surface area contributed by atoms with E-state index in [1.54, 1.807) is 0 Å². The number of sulfonamides is 1. The third-order valence-corrected chi connectivity index (χ3v) is 4.02. The van der Waals surface area contributed by atoms with Crippen molar-refractivity contribution in [1.82, 2.24) is 9.97 Å². The van der Waals surface area contributed by atoms with Crippen molar-refractivity contribution in [3.8, 4) is 0 Å². The monoisotopic (exact) mass is 289 g/mol. The zero-order valence-electron chi connectivity index (χ0n) is 9.16. The van der Waals surface area contributed by atoms with Crippen LogP contribution in [0.1, 0.15) is 6.42 Å². The van der Waals surface area contributed by atoms with Crippen LogP contribution in [0.3, 0.4) is 0 Å². The molecule has 1 aliphatic heterocycles. The highest BCUT2D eigenvalue weighted by Crippen LogP contribution is 2.23. The quantitative estimate of drug-likeness (QED) is 0.605. The lowest BCUT2D eigenvalue weighted by Gasteiger charge is -2.15. The Bertz CT molecular complexity index is 653. The molecular formula is C8H11N5O3S2. The van der Waals surface area contributed by atoms with E-state index in [1.165, 1.54) is 11.0 Å². The Labute approximate surface area is 108 Å². The molecule has 0 aliphatic carbocycles. The van der Waals surface area contributed by atoms with Crippen LogP contribution >= 0.6 is 12.2 Å². The molecule has 1 fully saturated rings. The third-order valence-electron chi connectivity index (χ3n) is 2.58. The summed E-state index contributed by atoms with van der Waals surface area (Å²) in [4.78, 5) is 19.5. The Kier molecular flexibility index (Phi) is 3.09. The molecule has 10 heteroatoms. The van der Waals surface area contributed by atoms with Gasteiger partial charge in [0.25, 0.3) is 0 Å². The van der Waals surface area contributed by atoms with E-state index in [0.29, 0.717) is 0 Å². The molecule has 1 amide bonds. The van der Waals surface area contributed by atoms with E-state index in [4.69, 9.17) is 23.1 Å². The van der Waals surface area contributed by atoms with Gasteiger partial charge in [0.05, 0.1) is 0 Å². The lowest BCUT2D eigenvalue weighted by Crippen LogP contribution is -2.32. The van der Waals surface area contributed by atoms with Gasteiger partial charge in [-0.05, 0) is 12.2 Å². The minimum Gasteiger partial charge on any atom is -0.385 e. The summed E-state index contributed by atoms with van der Waals surface area (Å²) in [5.74, 6) is 0.103. The fraction of sp³-hybridized carbons (Fsp3) is 0.375. The van der Waals surface area contributed by atoms with Crippen LogP contribution in [0.5, 0.6) is 0 Å². The Morgan fingerprint density at radius 2 is 2.22 bits per heavy atom. The van der Waals surface area contributed by atoms with Crippen LogP contribution in [-0.4, -0.2) is 36.1 Å². The Hall–Kier alpha value is -1.52. The number of hydrogen-bond donors (Lipinski definition) is 3. The summed E-state index contributed by atoms with van der Waals surface area (Å²) >= 11 is 4.84. The minimum absolute atomic E-state index is 0.0388. The topological polar surface area (TPSA) is 135 Å². The molecule has 0 radical (unpaired) electrons. The van der Waals surface area contributed by atoms with Gasteiger partial charge in [0, 0.05) is 19.0 Å². The van der Waals surface area contributed by atoms with Crippen molar-refractivity contribution in [2.75, 3.05) is 17.2 Å². The van der Waals surface area contributed by atoms with Crippen molar-refractivity contribution in [2.24, 2.45) is 5.14 Å². The van der Waals surface area contributed by atoms with Gasteiger partial charge in [-0.3, -0.25) is 9.69 Å². The first-order valence-electron chi connectivity index (χ1n) is 4.96. The number of aromatic amines is 1. The predicted molar refractivity (Wildman–Crippen MR) is 67.7 cm³/mol. The highest BCUT2D eigenvalue weighted by atomic mass is 32.2. The molecule has 18 heavy (non-hydrogen) atoms. The maximum Gasteiger partial charge on any atom is 0.229 e. The fourth-order valence-corrected chi connectivity index (χ4v) is 2.66. The highest BCUT2D eigenvalue weighted by Gasteiger charge is 2.37. The third kappa shape index (κ3) is 2.49. The first kappa shape index (κ1) is 12.9. The first-order valence-corrected chi connectivity index (χ1v) is 6.98. The number of primary sulfonamides is 1. The van der Waals surface area contributed by atoms with E-state index in [2.05, 4.69) is 9.97 Å². The number of hydrogen-bond acceptors (Lipinski definition) is 6. The van der Waals surface area contributed by atoms with Gasteiger partial charge in [-0.2, -0.15) is 0 Å². The zero-order chi connectivity index (χ0) is 13.5. The van der Waals surface area contributed by atoms with Crippen LogP contribution < -0.4 is 15.8 Å². The van der Waals surface area contributed by atoms with E-state index in [0.717, 1.165) is 0 Å². The number of nitrogen functional groups attached to an aromatic ring is 1. The number of rotatable bonds is 2. The maximum atomic E-state index is 11.7. The van der Waals surface area contributed by atoms with Crippen molar-refractivity contribution in [2.45, 2.75) is 11.7 Å². The first-order chi connectivity index (χ1) is 8.27. The van der Waals surface area contributed by atoms with Crippen LogP contribution in [0, 0.1) is 4.77 Å². The van der Waals surface area contributed by atoms with Gasteiger partial charge in [0.15, 0.2) is 4.77 Å². The zero-order valence-corrected chi connectivity index (χ0v) is 10.8. The Morgan fingerprint density at radius 3 is 2.72 bits per heavy atom. The number of amides is 1. The average molecular weight is 289 g/mol. The molecule has 1 aromatic rings. The van der Waals surface area contributed by atoms with Crippen LogP contribution in [-0.2, 0) is 14.8 Å². The van der Waals surface area contributed by atoms with Gasteiger partial charge < -0.3 is 10.7 Å². The summed E-state index contributed by atoms with van der Waals surface area (Å²) in [5, 5.41) is 4.10. The largest absolute Gasteiger partial charge is 0.385 e. The van der Waals surface area contributed by atoms with Gasteiger partial charge in [0.2, 0.25) is 15.9 Å². The maximum absolute atomic E-state index is 11.7. The molecule has 0 saturated carbocycles. The number of H-pyrrole nitrogens is 1. The van der Waals surface area contributed by atoms with Gasteiger partial charge in [0.1, 0.15) is 16.9 Å². The van der Waals surface area contributed by atoms with Crippen LogP contribution in [0.15, 0.2) is 6.07 Å². The number of aromatic nitrogens is 2. The summed E-state index contributed by atoms with van der Waals surface area (Å²) in [7, 11) is -3.75. The average Bonchev–Trinajstić information content (AvgIpc) is 2.58. The second-order valence-corrected chi connectivity index (χ2v) is 6.15. The molecule has 1 atom stereocenters. The smallest absolute Gasteiger partial charge is 0.229 e. The molecule has 8 nitrogen and oxygen atoms in total. The molecule has 0 aromatic carbocycles. The number of anilines is 2. The Morgan fingerprint density at radius 1 is 1.56 bits per heavy atom. The lowest BCUT2D eigenvalue weighted by atomic mass is 10.4. The van der Waals surface area contributed by atoms with E-state index in [1.807, 2.05) is 0 Å². The van der Waals surface area contributed by atoms with E-state index >= 15 is 0 Å². The van der Waals surface area contributed by atoms with Crippen molar-refractivity contribution < 1.29 is 13.2 Å². The molecule has 1 aliphatic rings. The lowest BCUT2D eigenvalue weighted by molar-refractivity contribution is -0.117. The second-order valence-electron chi connectivity index (χ2n) is 3.92. The molecule has 0 bridgehead atoms. The number of nitrogens with zero attached hydrogens (tertiary/aromatic N) is 2. The Balaban J connectivity index is 2.35. The predicted octanol–water partition coefficient (Wildman–Crippen LogP) is -0.885. The van der Waals surface area contributed by atoms with E-state index in [9.17, 15) is 13.2 Å². The van der Waals surface area contributed by atoms with Gasteiger partial charge in [-0.15, -0.1) is 0 Å². The molecule has 5 N–H and O–H groups in total. The number of carbonyl (C=O) groups is 1. The molecule has 98 valence electrons. The molecule has 0 spiro atoms. The molecule has 1 aromatic heterocycles. The van der Waals surface area contributed by atoms with Crippen LogP contribution in [0.2, 0.25) is 0 Å². The normalized spacial score (nSPS) is 20.4. The van der Waals surface area contributed by atoms with E-state index < -0.39 is 15.3 Å². The second kappa shape index (κ2) is 4.30. The number of carbonyl (C=O) groups excluding carboxylic acids is 1. The summed E-state index contributed by atoms with van der Waals surface area (Å²) in [6, 6.07) is 1.42. The number of nitrogens with one attached hydrogen (secondary N) is 1. The molecule has 2 rings (SSSR count). The number of nitrogens with two attached hydrogens (primary N) is 2. The SMILES string of the molecule is Nc1cc(N2CC(S(N)(=O)=O)CC2=O)nc(=S)[nH]1. The van der Waals surface area contributed by atoms with E-state index in [-0.39, 0.29) is 35.3 Å². The summed E-state index contributed by atoms with van der Waals surface area (Å²) in [6.45, 7) is -0.0388. The standard InChI is InChI=1S/C8H11N5O3S2/c9-5-2-6(12-8(17)11-5)13-3-4(1-7(13)14)18(10,15)16/h2,4H,1,3H2,(H2,10,15,16)(H3,9,11,12,17). The van der Waals surface area contributed by atoms with Crippen LogP contribution in [0.4, 0.5) is 11.6 Å². The molecule has 1 unspecified atom stereocenters.